The monoisotopic (exact) mass is 220 g/mol. The summed E-state index contributed by atoms with van der Waals surface area (Å²) in [5, 5.41) is 0. The molecule has 1 aromatic rings. The molecule has 0 spiro atoms. The number of aromatic nitrogens is 2. The highest BCUT2D eigenvalue weighted by Gasteiger charge is 2.19. The third kappa shape index (κ3) is 2.32. The summed E-state index contributed by atoms with van der Waals surface area (Å²) in [6.07, 6.45) is 5.13. The molecular weight excluding hydrogens is 200 g/mol. The molecule has 1 aliphatic heterocycles. The van der Waals surface area contributed by atoms with Gasteiger partial charge in [-0.25, -0.2) is 9.97 Å². The van der Waals surface area contributed by atoms with Crippen molar-refractivity contribution < 1.29 is 0 Å². The molecule has 1 aliphatic rings. The summed E-state index contributed by atoms with van der Waals surface area (Å²) < 4.78 is 0. The van der Waals surface area contributed by atoms with Crippen molar-refractivity contribution in [3.8, 4) is 0 Å². The predicted molar refractivity (Wildman–Crippen MR) is 65.6 cm³/mol. The molecule has 0 bridgehead atoms. The first-order valence-corrected chi connectivity index (χ1v) is 6.03. The first-order valence-electron chi connectivity index (χ1n) is 6.03. The molecule has 88 valence electrons. The highest BCUT2D eigenvalue weighted by atomic mass is 15.3. The number of aryl methyl sites for hydroxylation is 2. The summed E-state index contributed by atoms with van der Waals surface area (Å²) >= 11 is 0. The quantitative estimate of drug-likeness (QED) is 0.815. The van der Waals surface area contributed by atoms with E-state index in [0.717, 1.165) is 44.0 Å². The van der Waals surface area contributed by atoms with Gasteiger partial charge in [0.2, 0.25) is 5.95 Å². The molecular formula is C12H20N4. The lowest BCUT2D eigenvalue weighted by atomic mass is 10.1. The Hall–Kier alpha value is -1.16. The number of rotatable bonds is 2. The Bertz CT molecular complexity index is 364. The van der Waals surface area contributed by atoms with Crippen molar-refractivity contribution in [2.24, 2.45) is 5.73 Å². The third-order valence-corrected chi connectivity index (χ3v) is 3.14. The molecule has 2 N–H and O–H groups in total. The number of piperidine rings is 1. The number of hydrogen-bond acceptors (Lipinski definition) is 4. The van der Waals surface area contributed by atoms with Crippen LogP contribution in [-0.2, 0) is 6.42 Å². The number of nitrogens with zero attached hydrogens (tertiary/aromatic N) is 3. The fraction of sp³-hybridized carbons (Fsp3) is 0.667. The lowest BCUT2D eigenvalue weighted by Crippen LogP contribution is -2.43. The van der Waals surface area contributed by atoms with Gasteiger partial charge in [-0.05, 0) is 31.7 Å². The summed E-state index contributed by atoms with van der Waals surface area (Å²) in [4.78, 5) is 11.2. The minimum absolute atomic E-state index is 0.267. The Labute approximate surface area is 96.9 Å². The molecule has 4 nitrogen and oxygen atoms in total. The van der Waals surface area contributed by atoms with Crippen LogP contribution >= 0.6 is 0 Å². The molecule has 1 aromatic heterocycles. The third-order valence-electron chi connectivity index (χ3n) is 3.14. The molecule has 0 amide bonds. The first kappa shape index (κ1) is 11.3. The number of hydrogen-bond donors (Lipinski definition) is 1. The summed E-state index contributed by atoms with van der Waals surface area (Å²) in [7, 11) is 0. The highest BCUT2D eigenvalue weighted by Crippen LogP contribution is 2.16. The van der Waals surface area contributed by atoms with Gasteiger partial charge in [-0.15, -0.1) is 0 Å². The maximum Gasteiger partial charge on any atom is 0.225 e. The second-order valence-corrected chi connectivity index (χ2v) is 4.50. The summed E-state index contributed by atoms with van der Waals surface area (Å²) in [6.45, 7) is 6.09. The SMILES string of the molecule is CCc1nc(N2CCCC(N)C2)ncc1C. The Kier molecular flexibility index (Phi) is 3.39. The van der Waals surface area contributed by atoms with Crippen LogP contribution in [0.3, 0.4) is 0 Å². The lowest BCUT2D eigenvalue weighted by Gasteiger charge is -2.30. The normalized spacial score (nSPS) is 21.2. The molecule has 16 heavy (non-hydrogen) atoms. The van der Waals surface area contributed by atoms with E-state index in [1.165, 1.54) is 5.56 Å². The van der Waals surface area contributed by atoms with Gasteiger partial charge in [-0.3, -0.25) is 0 Å². The van der Waals surface area contributed by atoms with Gasteiger partial charge >= 0.3 is 0 Å². The van der Waals surface area contributed by atoms with Crippen molar-refractivity contribution in [3.63, 3.8) is 0 Å². The van der Waals surface area contributed by atoms with Crippen molar-refractivity contribution in [2.45, 2.75) is 39.2 Å². The number of anilines is 1. The lowest BCUT2D eigenvalue weighted by molar-refractivity contribution is 0.499. The van der Waals surface area contributed by atoms with Crippen LogP contribution in [0.2, 0.25) is 0 Å². The zero-order valence-electron chi connectivity index (χ0n) is 10.1. The predicted octanol–water partition coefficient (Wildman–Crippen LogP) is 1.27. The van der Waals surface area contributed by atoms with Crippen molar-refractivity contribution in [2.75, 3.05) is 18.0 Å². The van der Waals surface area contributed by atoms with Gasteiger partial charge in [0.15, 0.2) is 0 Å². The molecule has 0 aliphatic carbocycles. The summed E-state index contributed by atoms with van der Waals surface area (Å²) in [5.74, 6) is 0.845. The summed E-state index contributed by atoms with van der Waals surface area (Å²) in [6, 6.07) is 0.267. The number of nitrogens with two attached hydrogens (primary N) is 1. The van der Waals surface area contributed by atoms with E-state index >= 15 is 0 Å². The fourth-order valence-electron chi connectivity index (χ4n) is 2.17. The molecule has 4 heteroatoms. The van der Waals surface area contributed by atoms with Crippen LogP contribution in [0, 0.1) is 6.92 Å². The zero-order valence-corrected chi connectivity index (χ0v) is 10.1. The molecule has 2 heterocycles. The molecule has 1 unspecified atom stereocenters. The Morgan fingerprint density at radius 3 is 3.06 bits per heavy atom. The van der Waals surface area contributed by atoms with Crippen LogP contribution in [-0.4, -0.2) is 29.1 Å². The van der Waals surface area contributed by atoms with Crippen LogP contribution in [0.4, 0.5) is 5.95 Å². The molecule has 0 radical (unpaired) electrons. The van der Waals surface area contributed by atoms with Crippen LogP contribution in [0.15, 0.2) is 6.20 Å². The van der Waals surface area contributed by atoms with E-state index in [1.54, 1.807) is 0 Å². The van der Waals surface area contributed by atoms with Crippen molar-refractivity contribution >= 4 is 5.95 Å². The molecule has 0 aromatic carbocycles. The second-order valence-electron chi connectivity index (χ2n) is 4.50. The Morgan fingerprint density at radius 2 is 2.38 bits per heavy atom. The van der Waals surface area contributed by atoms with Crippen LogP contribution in [0.25, 0.3) is 0 Å². The second kappa shape index (κ2) is 4.78. The molecule has 1 saturated heterocycles. The maximum atomic E-state index is 5.97. The van der Waals surface area contributed by atoms with Gasteiger partial charge in [-0.2, -0.15) is 0 Å². The fourth-order valence-corrected chi connectivity index (χ4v) is 2.17. The molecule has 0 saturated carbocycles. The van der Waals surface area contributed by atoms with E-state index < -0.39 is 0 Å². The van der Waals surface area contributed by atoms with Crippen LogP contribution in [0.5, 0.6) is 0 Å². The average Bonchev–Trinajstić information content (AvgIpc) is 2.29. The maximum absolute atomic E-state index is 5.97. The highest BCUT2D eigenvalue weighted by molar-refractivity contribution is 5.33. The minimum Gasteiger partial charge on any atom is -0.339 e. The van der Waals surface area contributed by atoms with Gasteiger partial charge in [0.05, 0.1) is 0 Å². The van der Waals surface area contributed by atoms with Gasteiger partial charge in [0, 0.05) is 31.0 Å². The Morgan fingerprint density at radius 1 is 1.56 bits per heavy atom. The van der Waals surface area contributed by atoms with Gasteiger partial charge in [0.1, 0.15) is 0 Å². The topological polar surface area (TPSA) is 55.0 Å². The minimum atomic E-state index is 0.267. The smallest absolute Gasteiger partial charge is 0.225 e. The van der Waals surface area contributed by atoms with Crippen molar-refractivity contribution in [3.05, 3.63) is 17.5 Å². The van der Waals surface area contributed by atoms with Crippen molar-refractivity contribution in [1.82, 2.24) is 9.97 Å². The van der Waals surface area contributed by atoms with Gasteiger partial charge in [-0.1, -0.05) is 6.92 Å². The van der Waals surface area contributed by atoms with E-state index in [-0.39, 0.29) is 6.04 Å². The van der Waals surface area contributed by atoms with E-state index in [4.69, 9.17) is 5.73 Å². The zero-order chi connectivity index (χ0) is 11.5. The molecule has 1 atom stereocenters. The van der Waals surface area contributed by atoms with Gasteiger partial charge in [0.25, 0.3) is 0 Å². The largest absolute Gasteiger partial charge is 0.339 e. The average molecular weight is 220 g/mol. The summed E-state index contributed by atoms with van der Waals surface area (Å²) in [5.41, 5.74) is 8.28. The van der Waals surface area contributed by atoms with E-state index in [1.807, 2.05) is 6.20 Å². The van der Waals surface area contributed by atoms with E-state index in [9.17, 15) is 0 Å². The van der Waals surface area contributed by atoms with E-state index in [2.05, 4.69) is 28.7 Å². The first-order chi connectivity index (χ1) is 7.70. The van der Waals surface area contributed by atoms with E-state index in [0.29, 0.717) is 0 Å². The van der Waals surface area contributed by atoms with Crippen LogP contribution in [0.1, 0.15) is 31.0 Å². The molecule has 1 fully saturated rings. The van der Waals surface area contributed by atoms with Crippen LogP contribution < -0.4 is 10.6 Å². The molecule has 2 rings (SSSR count). The van der Waals surface area contributed by atoms with Crippen molar-refractivity contribution in [1.29, 1.82) is 0 Å². The van der Waals surface area contributed by atoms with Gasteiger partial charge < -0.3 is 10.6 Å². The standard InChI is InChI=1S/C12H20N4/c1-3-11-9(2)7-14-12(15-11)16-6-4-5-10(13)8-16/h7,10H,3-6,8,13H2,1-2H3. The Balaban J connectivity index is 2.19.